The number of thioether (sulfide) groups is 1. The highest BCUT2D eigenvalue weighted by Crippen LogP contribution is 2.38. The van der Waals surface area contributed by atoms with E-state index in [0.717, 1.165) is 28.3 Å². The number of halogens is 1. The Labute approximate surface area is 200 Å². The minimum atomic E-state index is -0.492. The zero-order valence-electron chi connectivity index (χ0n) is 17.4. The van der Waals surface area contributed by atoms with E-state index in [1.807, 2.05) is 42.5 Å². The van der Waals surface area contributed by atoms with Gasteiger partial charge in [-0.1, -0.05) is 90.7 Å². The smallest absolute Gasteiger partial charge is 0.270 e. The Morgan fingerprint density at radius 2 is 1.64 bits per heavy atom. The molecule has 0 saturated carbocycles. The molecule has 0 radical (unpaired) electrons. The second-order valence-electron chi connectivity index (χ2n) is 7.48. The fourth-order valence-electron chi connectivity index (χ4n) is 3.67. The topological polar surface area (TPSA) is 29.5 Å². The van der Waals surface area contributed by atoms with Gasteiger partial charge in [-0.2, -0.15) is 0 Å². The van der Waals surface area contributed by atoms with Crippen molar-refractivity contribution in [2.75, 3.05) is 4.90 Å². The molecule has 4 aromatic rings. The van der Waals surface area contributed by atoms with Crippen LogP contribution in [0, 0.1) is 5.82 Å². The molecule has 0 atom stereocenters. The summed E-state index contributed by atoms with van der Waals surface area (Å²) >= 11 is 6.52. The lowest BCUT2D eigenvalue weighted by atomic mass is 10.1. The zero-order chi connectivity index (χ0) is 22.8. The number of amides is 1. The minimum Gasteiger partial charge on any atom is -0.488 e. The number of rotatable bonds is 5. The second-order valence-corrected chi connectivity index (χ2v) is 9.15. The SMILES string of the molecule is O=C1/C(=C\c2ccccc2OCc2ccc3ccccc3c2)SC(=S)N1c1ccccc1F. The summed E-state index contributed by atoms with van der Waals surface area (Å²) in [5.41, 5.74) is 1.96. The molecule has 162 valence electrons. The molecular weight excluding hydrogens is 453 g/mol. The van der Waals surface area contributed by atoms with Crippen molar-refractivity contribution < 1.29 is 13.9 Å². The van der Waals surface area contributed by atoms with Gasteiger partial charge in [0.1, 0.15) is 18.2 Å². The molecule has 0 N–H and O–H groups in total. The lowest BCUT2D eigenvalue weighted by Crippen LogP contribution is -2.28. The number of thiocarbonyl (C=S) groups is 1. The van der Waals surface area contributed by atoms with Crippen LogP contribution in [0.2, 0.25) is 0 Å². The van der Waals surface area contributed by atoms with Crippen LogP contribution in [0.1, 0.15) is 11.1 Å². The lowest BCUT2D eigenvalue weighted by molar-refractivity contribution is -0.113. The van der Waals surface area contributed by atoms with Crippen LogP contribution in [0.25, 0.3) is 16.8 Å². The zero-order valence-corrected chi connectivity index (χ0v) is 19.0. The van der Waals surface area contributed by atoms with Gasteiger partial charge in [-0.15, -0.1) is 0 Å². The van der Waals surface area contributed by atoms with E-state index in [1.165, 1.54) is 16.4 Å². The monoisotopic (exact) mass is 471 g/mol. The summed E-state index contributed by atoms with van der Waals surface area (Å²) in [4.78, 5) is 14.7. The van der Waals surface area contributed by atoms with Crippen LogP contribution < -0.4 is 9.64 Å². The molecule has 4 aromatic carbocycles. The number of hydrogen-bond donors (Lipinski definition) is 0. The minimum absolute atomic E-state index is 0.157. The number of nitrogens with zero attached hydrogens (tertiary/aromatic N) is 1. The van der Waals surface area contributed by atoms with E-state index < -0.39 is 5.82 Å². The number of ether oxygens (including phenoxy) is 1. The third-order valence-corrected chi connectivity index (χ3v) is 6.60. The molecule has 0 aromatic heterocycles. The molecule has 1 fully saturated rings. The Balaban J connectivity index is 1.39. The molecule has 1 aliphatic heterocycles. The van der Waals surface area contributed by atoms with Crippen LogP contribution in [-0.2, 0) is 11.4 Å². The Kier molecular flexibility index (Phi) is 5.94. The average Bonchev–Trinajstić information content (AvgIpc) is 3.11. The van der Waals surface area contributed by atoms with Gasteiger partial charge in [0.2, 0.25) is 0 Å². The Morgan fingerprint density at radius 1 is 0.909 bits per heavy atom. The summed E-state index contributed by atoms with van der Waals surface area (Å²) in [5.74, 6) is -0.185. The highest BCUT2D eigenvalue weighted by molar-refractivity contribution is 8.27. The van der Waals surface area contributed by atoms with Gasteiger partial charge in [-0.3, -0.25) is 9.69 Å². The van der Waals surface area contributed by atoms with Gasteiger partial charge in [0.05, 0.1) is 10.6 Å². The summed E-state index contributed by atoms with van der Waals surface area (Å²) < 4.78 is 20.7. The van der Waals surface area contributed by atoms with Gasteiger partial charge in [-0.25, -0.2) is 4.39 Å². The van der Waals surface area contributed by atoms with Gasteiger partial charge in [0.15, 0.2) is 4.32 Å². The van der Waals surface area contributed by atoms with E-state index in [2.05, 4.69) is 24.3 Å². The van der Waals surface area contributed by atoms with Gasteiger partial charge in [0, 0.05) is 5.56 Å². The van der Waals surface area contributed by atoms with Crippen molar-refractivity contribution in [3.05, 3.63) is 113 Å². The summed E-state index contributed by atoms with van der Waals surface area (Å²) in [6, 6.07) is 28.0. The van der Waals surface area contributed by atoms with E-state index in [4.69, 9.17) is 17.0 Å². The molecule has 1 amide bonds. The largest absolute Gasteiger partial charge is 0.488 e. The molecule has 0 unspecified atom stereocenters. The Bertz CT molecular complexity index is 1420. The van der Waals surface area contributed by atoms with Gasteiger partial charge < -0.3 is 4.74 Å². The molecular formula is C27H18FNO2S2. The first kappa shape index (κ1) is 21.4. The van der Waals surface area contributed by atoms with Gasteiger partial charge in [-0.05, 0) is 46.7 Å². The highest BCUT2D eigenvalue weighted by Gasteiger charge is 2.34. The quantitative estimate of drug-likeness (QED) is 0.232. The number of anilines is 1. The fraction of sp³-hybridized carbons (Fsp3) is 0.0370. The summed E-state index contributed by atoms with van der Waals surface area (Å²) in [6.07, 6.45) is 1.75. The van der Waals surface area contributed by atoms with E-state index in [1.54, 1.807) is 24.3 Å². The molecule has 0 bridgehead atoms. The second kappa shape index (κ2) is 9.17. The first-order chi connectivity index (χ1) is 16.1. The molecule has 6 heteroatoms. The Hall–Kier alpha value is -3.48. The lowest BCUT2D eigenvalue weighted by Gasteiger charge is -2.15. The molecule has 0 spiro atoms. The molecule has 0 aliphatic carbocycles. The Morgan fingerprint density at radius 3 is 2.48 bits per heavy atom. The third kappa shape index (κ3) is 4.40. The first-order valence-electron chi connectivity index (χ1n) is 10.3. The van der Waals surface area contributed by atoms with Crippen LogP contribution in [0.5, 0.6) is 5.75 Å². The number of para-hydroxylation sites is 2. The molecule has 3 nitrogen and oxygen atoms in total. The van der Waals surface area contributed by atoms with Crippen molar-refractivity contribution in [3.8, 4) is 5.75 Å². The number of carbonyl (C=O) groups is 1. The van der Waals surface area contributed by atoms with Crippen LogP contribution >= 0.6 is 24.0 Å². The summed E-state index contributed by atoms with van der Waals surface area (Å²) in [5, 5.41) is 2.34. The number of hydrogen-bond acceptors (Lipinski definition) is 4. The van der Waals surface area contributed by atoms with Gasteiger partial charge in [0.25, 0.3) is 5.91 Å². The third-order valence-electron chi connectivity index (χ3n) is 5.30. The van der Waals surface area contributed by atoms with E-state index in [0.29, 0.717) is 21.6 Å². The van der Waals surface area contributed by atoms with E-state index in [9.17, 15) is 9.18 Å². The number of fused-ring (bicyclic) bond motifs is 1. The average molecular weight is 472 g/mol. The maximum absolute atomic E-state index is 14.3. The van der Waals surface area contributed by atoms with Gasteiger partial charge >= 0.3 is 0 Å². The van der Waals surface area contributed by atoms with Crippen molar-refractivity contribution in [2.24, 2.45) is 0 Å². The van der Waals surface area contributed by atoms with Crippen molar-refractivity contribution in [1.82, 2.24) is 0 Å². The van der Waals surface area contributed by atoms with E-state index >= 15 is 0 Å². The van der Waals surface area contributed by atoms with Crippen LogP contribution in [0.15, 0.2) is 95.9 Å². The fourth-order valence-corrected chi connectivity index (χ4v) is 4.95. The molecule has 1 heterocycles. The van der Waals surface area contributed by atoms with Crippen molar-refractivity contribution >= 4 is 56.7 Å². The van der Waals surface area contributed by atoms with Crippen LogP contribution in [-0.4, -0.2) is 10.2 Å². The number of carbonyl (C=O) groups excluding carboxylic acids is 1. The molecule has 1 saturated heterocycles. The number of benzene rings is 4. The maximum atomic E-state index is 14.3. The predicted octanol–water partition coefficient (Wildman–Crippen LogP) is 6.96. The first-order valence-corrected chi connectivity index (χ1v) is 11.5. The normalized spacial score (nSPS) is 14.9. The standard InChI is InChI=1S/C27H18FNO2S2/c28-22-10-4-5-11-23(22)29-26(30)25(33-27(29)32)16-21-9-3-6-12-24(21)31-17-18-13-14-19-7-1-2-8-20(19)15-18/h1-16H,17H2/b25-16+. The van der Waals surface area contributed by atoms with Crippen molar-refractivity contribution in [3.63, 3.8) is 0 Å². The molecule has 1 aliphatic rings. The van der Waals surface area contributed by atoms with Crippen molar-refractivity contribution in [2.45, 2.75) is 6.61 Å². The van der Waals surface area contributed by atoms with E-state index in [-0.39, 0.29) is 11.6 Å². The molecule has 33 heavy (non-hydrogen) atoms. The van der Waals surface area contributed by atoms with Crippen LogP contribution in [0.3, 0.4) is 0 Å². The molecule has 5 rings (SSSR count). The maximum Gasteiger partial charge on any atom is 0.270 e. The summed E-state index contributed by atoms with van der Waals surface area (Å²) in [6.45, 7) is 0.395. The summed E-state index contributed by atoms with van der Waals surface area (Å²) in [7, 11) is 0. The van der Waals surface area contributed by atoms with Crippen molar-refractivity contribution in [1.29, 1.82) is 0 Å². The predicted molar refractivity (Wildman–Crippen MR) is 137 cm³/mol. The highest BCUT2D eigenvalue weighted by atomic mass is 32.2. The van der Waals surface area contributed by atoms with Crippen LogP contribution in [0.4, 0.5) is 10.1 Å².